The highest BCUT2D eigenvalue weighted by atomic mass is 16.6. The first-order chi connectivity index (χ1) is 24.3. The second-order valence-corrected chi connectivity index (χ2v) is 14.3. The largest absolute Gasteiger partial charge is 0.463 e. The number of hydrogen-bond donors (Lipinski definition) is 0. The third kappa shape index (κ3) is 35.7. The summed E-state index contributed by atoms with van der Waals surface area (Å²) in [5, 5.41) is 0. The van der Waals surface area contributed by atoms with Crippen molar-refractivity contribution >= 4 is 23.9 Å². The molecule has 0 fully saturated rings. The van der Waals surface area contributed by atoms with Crippen LogP contribution in [0.4, 0.5) is 0 Å². The topological polar surface area (TPSA) is 105 Å². The fourth-order valence-corrected chi connectivity index (χ4v) is 6.45. The summed E-state index contributed by atoms with van der Waals surface area (Å²) in [7, 11) is 0. The van der Waals surface area contributed by atoms with E-state index in [0.717, 1.165) is 103 Å². The van der Waals surface area contributed by atoms with Gasteiger partial charge in [0, 0.05) is 26.7 Å². The molecular formula is C42H78O8. The molecule has 0 aromatic heterocycles. The van der Waals surface area contributed by atoms with Gasteiger partial charge in [-0.3, -0.25) is 19.2 Å². The van der Waals surface area contributed by atoms with Gasteiger partial charge in [0.25, 0.3) is 0 Å². The third-order valence-electron chi connectivity index (χ3n) is 9.35. The Hall–Kier alpha value is -2.12. The summed E-state index contributed by atoms with van der Waals surface area (Å²) in [6.45, 7) is 7.66. The molecule has 50 heavy (non-hydrogen) atoms. The van der Waals surface area contributed by atoms with E-state index in [1.807, 2.05) is 0 Å². The van der Waals surface area contributed by atoms with Crippen LogP contribution in [0.5, 0.6) is 0 Å². The van der Waals surface area contributed by atoms with Crippen molar-refractivity contribution in [2.45, 2.75) is 233 Å². The summed E-state index contributed by atoms with van der Waals surface area (Å²) in [4.78, 5) is 47.1. The SMILES string of the molecule is CCCCCCCCCC(CCCCCCCC(=O)OCCOC(=O)CCCCCCCC(CCCCCCCCC)OC(C)=O)OC(C)=O. The number of ether oxygens (including phenoxy) is 4. The molecule has 0 amide bonds. The summed E-state index contributed by atoms with van der Waals surface area (Å²) >= 11 is 0. The van der Waals surface area contributed by atoms with Crippen molar-refractivity contribution in [1.82, 2.24) is 0 Å². The fourth-order valence-electron chi connectivity index (χ4n) is 6.45. The van der Waals surface area contributed by atoms with Crippen LogP contribution in [0.2, 0.25) is 0 Å². The molecule has 8 nitrogen and oxygen atoms in total. The van der Waals surface area contributed by atoms with E-state index in [0.29, 0.717) is 12.8 Å². The molecule has 0 aromatic carbocycles. The number of hydrogen-bond acceptors (Lipinski definition) is 8. The first-order valence-electron chi connectivity index (χ1n) is 20.9. The number of carbonyl (C=O) groups is 4. The van der Waals surface area contributed by atoms with Crippen LogP contribution in [0.15, 0.2) is 0 Å². The minimum Gasteiger partial charge on any atom is -0.463 e. The molecule has 2 atom stereocenters. The number of esters is 4. The van der Waals surface area contributed by atoms with Gasteiger partial charge in [-0.2, -0.15) is 0 Å². The molecule has 0 saturated carbocycles. The molecule has 8 heteroatoms. The minimum absolute atomic E-state index is 0.0284. The van der Waals surface area contributed by atoms with Gasteiger partial charge in [-0.15, -0.1) is 0 Å². The predicted molar refractivity (Wildman–Crippen MR) is 203 cm³/mol. The van der Waals surface area contributed by atoms with Gasteiger partial charge in [-0.25, -0.2) is 0 Å². The van der Waals surface area contributed by atoms with Crippen LogP contribution >= 0.6 is 0 Å². The van der Waals surface area contributed by atoms with E-state index in [1.54, 1.807) is 0 Å². The maximum absolute atomic E-state index is 12.0. The van der Waals surface area contributed by atoms with Gasteiger partial charge in [0.15, 0.2) is 0 Å². The molecule has 294 valence electrons. The summed E-state index contributed by atoms with van der Waals surface area (Å²) < 4.78 is 21.6. The van der Waals surface area contributed by atoms with Crippen molar-refractivity contribution in [3.8, 4) is 0 Å². The average molecular weight is 711 g/mol. The first kappa shape index (κ1) is 47.9. The van der Waals surface area contributed by atoms with Crippen LogP contribution < -0.4 is 0 Å². The Bertz CT molecular complexity index is 748. The highest BCUT2D eigenvalue weighted by Crippen LogP contribution is 2.19. The lowest BCUT2D eigenvalue weighted by Crippen LogP contribution is -2.16. The van der Waals surface area contributed by atoms with Gasteiger partial charge < -0.3 is 18.9 Å². The normalized spacial score (nSPS) is 12.3. The molecular weight excluding hydrogens is 632 g/mol. The van der Waals surface area contributed by atoms with E-state index in [-0.39, 0.29) is 49.3 Å². The van der Waals surface area contributed by atoms with Crippen LogP contribution in [-0.4, -0.2) is 49.3 Å². The molecule has 0 saturated heterocycles. The standard InChI is InChI=1S/C42H78O8/c1-5-7-9-11-13-17-23-29-39(49-37(3)43)31-25-19-15-21-27-33-41(45)47-35-36-48-42(46)34-28-22-16-20-26-32-40(50-38(4)44)30-24-18-14-12-10-8-6-2/h39-40H,5-36H2,1-4H3. The molecule has 0 aliphatic rings. The van der Waals surface area contributed by atoms with Crippen LogP contribution in [-0.2, 0) is 38.1 Å². The fraction of sp³-hybridized carbons (Fsp3) is 0.905. The molecule has 0 N–H and O–H groups in total. The van der Waals surface area contributed by atoms with Gasteiger partial charge in [-0.1, -0.05) is 129 Å². The van der Waals surface area contributed by atoms with Crippen LogP contribution in [0, 0.1) is 0 Å². The maximum atomic E-state index is 12.0. The molecule has 0 aliphatic carbocycles. The lowest BCUT2D eigenvalue weighted by atomic mass is 10.0. The van der Waals surface area contributed by atoms with E-state index in [2.05, 4.69) is 13.8 Å². The predicted octanol–water partition coefficient (Wildman–Crippen LogP) is 11.7. The van der Waals surface area contributed by atoms with Crippen molar-refractivity contribution in [1.29, 1.82) is 0 Å². The van der Waals surface area contributed by atoms with E-state index < -0.39 is 0 Å². The second kappa shape index (κ2) is 36.7. The smallest absolute Gasteiger partial charge is 0.305 e. The monoisotopic (exact) mass is 711 g/mol. The van der Waals surface area contributed by atoms with Crippen molar-refractivity contribution in [3.63, 3.8) is 0 Å². The van der Waals surface area contributed by atoms with E-state index in [9.17, 15) is 19.2 Å². The molecule has 0 radical (unpaired) electrons. The summed E-state index contributed by atoms with van der Waals surface area (Å²) in [5.74, 6) is -0.872. The second-order valence-electron chi connectivity index (χ2n) is 14.3. The third-order valence-corrected chi connectivity index (χ3v) is 9.35. The van der Waals surface area contributed by atoms with Crippen LogP contribution in [0.25, 0.3) is 0 Å². The van der Waals surface area contributed by atoms with Gasteiger partial charge in [-0.05, 0) is 64.2 Å². The lowest BCUT2D eigenvalue weighted by molar-refractivity contribution is -0.152. The van der Waals surface area contributed by atoms with Gasteiger partial charge in [0.05, 0.1) is 0 Å². The molecule has 0 rings (SSSR count). The molecule has 0 spiro atoms. The molecule has 0 aliphatic heterocycles. The van der Waals surface area contributed by atoms with Crippen LogP contribution in [0.1, 0.15) is 220 Å². The summed E-state index contributed by atoms with van der Waals surface area (Å²) in [5.41, 5.74) is 0. The summed E-state index contributed by atoms with van der Waals surface area (Å²) in [6.07, 6.45) is 31.9. The summed E-state index contributed by atoms with van der Waals surface area (Å²) in [6, 6.07) is 0. The van der Waals surface area contributed by atoms with E-state index >= 15 is 0 Å². The quantitative estimate of drug-likeness (QED) is 0.0356. The van der Waals surface area contributed by atoms with Crippen LogP contribution in [0.3, 0.4) is 0 Å². The molecule has 0 bridgehead atoms. The zero-order valence-electron chi connectivity index (χ0n) is 33.0. The first-order valence-corrected chi connectivity index (χ1v) is 20.9. The minimum atomic E-state index is -0.246. The van der Waals surface area contributed by atoms with E-state index in [4.69, 9.17) is 18.9 Å². The Kier molecular flexibility index (Phi) is 35.1. The number of unbranched alkanes of at least 4 members (excludes halogenated alkanes) is 20. The van der Waals surface area contributed by atoms with Crippen molar-refractivity contribution in [3.05, 3.63) is 0 Å². The highest BCUT2D eigenvalue weighted by Gasteiger charge is 2.13. The highest BCUT2D eigenvalue weighted by molar-refractivity contribution is 5.70. The van der Waals surface area contributed by atoms with Gasteiger partial charge in [0.2, 0.25) is 0 Å². The van der Waals surface area contributed by atoms with Gasteiger partial charge in [0.1, 0.15) is 25.4 Å². The Morgan fingerprint density at radius 3 is 0.920 bits per heavy atom. The Morgan fingerprint density at radius 2 is 0.640 bits per heavy atom. The Balaban J connectivity index is 3.75. The van der Waals surface area contributed by atoms with Gasteiger partial charge >= 0.3 is 23.9 Å². The Labute approximate surface area is 307 Å². The molecule has 2 unspecified atom stereocenters. The maximum Gasteiger partial charge on any atom is 0.305 e. The lowest BCUT2D eigenvalue weighted by Gasteiger charge is -2.17. The van der Waals surface area contributed by atoms with Crippen molar-refractivity contribution < 1.29 is 38.1 Å². The average Bonchev–Trinajstić information content (AvgIpc) is 3.07. The zero-order valence-corrected chi connectivity index (χ0v) is 33.0. The van der Waals surface area contributed by atoms with Crippen molar-refractivity contribution in [2.24, 2.45) is 0 Å². The number of carbonyl (C=O) groups excluding carboxylic acids is 4. The zero-order chi connectivity index (χ0) is 36.9. The van der Waals surface area contributed by atoms with Crippen molar-refractivity contribution in [2.75, 3.05) is 13.2 Å². The van der Waals surface area contributed by atoms with E-state index in [1.165, 1.54) is 90.9 Å². The molecule has 0 aromatic rings. The number of rotatable bonds is 37. The Morgan fingerprint density at radius 1 is 0.380 bits per heavy atom. The molecule has 0 heterocycles.